The predicted octanol–water partition coefficient (Wildman–Crippen LogP) is 2.35. The molecule has 0 radical (unpaired) electrons. The first-order valence-corrected chi connectivity index (χ1v) is 12.1. The van der Waals surface area contributed by atoms with E-state index in [9.17, 15) is 18.0 Å². The second-order valence-electron chi connectivity index (χ2n) is 7.48. The van der Waals surface area contributed by atoms with Crippen LogP contribution < -0.4 is 9.46 Å². The number of hydrogen-bond donors (Lipinski definition) is 1. The van der Waals surface area contributed by atoms with Gasteiger partial charge >= 0.3 is 5.97 Å². The van der Waals surface area contributed by atoms with E-state index in [4.69, 9.17) is 9.47 Å². The van der Waals surface area contributed by atoms with E-state index >= 15 is 0 Å². The quantitative estimate of drug-likeness (QED) is 0.577. The molecule has 1 aliphatic heterocycles. The summed E-state index contributed by atoms with van der Waals surface area (Å²) in [5.74, 6) is -0.135. The number of nitrogens with zero attached hydrogens (tertiary/aromatic N) is 1. The third-order valence-corrected chi connectivity index (χ3v) is 6.69. The summed E-state index contributed by atoms with van der Waals surface area (Å²) in [7, 11) is -3.66. The van der Waals surface area contributed by atoms with E-state index in [-0.39, 0.29) is 35.8 Å². The summed E-state index contributed by atoms with van der Waals surface area (Å²) in [6.07, 6.45) is 1.15. The number of benzene rings is 2. The van der Waals surface area contributed by atoms with Crippen molar-refractivity contribution in [2.24, 2.45) is 5.92 Å². The van der Waals surface area contributed by atoms with Gasteiger partial charge in [0.2, 0.25) is 10.0 Å². The van der Waals surface area contributed by atoms with E-state index in [1.54, 1.807) is 11.8 Å². The Balaban J connectivity index is 1.46. The first-order chi connectivity index (χ1) is 15.4. The van der Waals surface area contributed by atoms with Crippen LogP contribution in [0.25, 0.3) is 0 Å². The average molecular weight is 461 g/mol. The Morgan fingerprint density at radius 2 is 1.69 bits per heavy atom. The molecule has 0 atom stereocenters. The van der Waals surface area contributed by atoms with Crippen molar-refractivity contribution in [3.63, 3.8) is 0 Å². The second kappa shape index (κ2) is 11.1. The number of sulfonamides is 1. The fourth-order valence-electron chi connectivity index (χ4n) is 3.43. The summed E-state index contributed by atoms with van der Waals surface area (Å²) >= 11 is 0. The Bertz CT molecular complexity index is 1000. The number of esters is 1. The van der Waals surface area contributed by atoms with Crippen molar-refractivity contribution >= 4 is 21.9 Å². The lowest BCUT2D eigenvalue weighted by atomic mass is 9.97. The minimum atomic E-state index is -3.66. The maximum Gasteiger partial charge on any atom is 0.309 e. The van der Waals surface area contributed by atoms with E-state index in [0.29, 0.717) is 38.3 Å². The number of amides is 1. The van der Waals surface area contributed by atoms with Gasteiger partial charge in [0.15, 0.2) is 6.61 Å². The topological polar surface area (TPSA) is 102 Å². The molecule has 0 bridgehead atoms. The van der Waals surface area contributed by atoms with Crippen LogP contribution in [0, 0.1) is 5.92 Å². The molecule has 172 valence electrons. The van der Waals surface area contributed by atoms with Crippen LogP contribution in [-0.2, 0) is 30.9 Å². The number of carbonyl (C=O) groups excluding carboxylic acids is 2. The lowest BCUT2D eigenvalue weighted by Crippen LogP contribution is -2.42. The number of hydrogen-bond acceptors (Lipinski definition) is 6. The van der Waals surface area contributed by atoms with Gasteiger partial charge in [-0.05, 0) is 49.6 Å². The fraction of sp³-hybridized carbons (Fsp3) is 0.391. The number of ether oxygens (including phenoxy) is 2. The Kier molecular flexibility index (Phi) is 8.24. The summed E-state index contributed by atoms with van der Waals surface area (Å²) in [5.41, 5.74) is 0.862. The molecule has 0 aromatic heterocycles. The van der Waals surface area contributed by atoms with Crippen molar-refractivity contribution in [2.75, 3.05) is 26.3 Å². The van der Waals surface area contributed by atoms with Crippen molar-refractivity contribution in [2.45, 2.75) is 31.2 Å². The van der Waals surface area contributed by atoms with Gasteiger partial charge in [0.1, 0.15) is 5.75 Å². The highest BCUT2D eigenvalue weighted by molar-refractivity contribution is 7.89. The molecule has 9 heteroatoms. The summed E-state index contributed by atoms with van der Waals surface area (Å²) in [6, 6.07) is 15.2. The van der Waals surface area contributed by atoms with Gasteiger partial charge in [-0.3, -0.25) is 9.59 Å². The largest absolute Gasteiger partial charge is 0.484 e. The number of carbonyl (C=O) groups is 2. The maximum atomic E-state index is 12.5. The number of nitrogens with one attached hydrogen (secondary N) is 1. The van der Waals surface area contributed by atoms with E-state index in [2.05, 4.69) is 4.72 Å². The highest BCUT2D eigenvalue weighted by Crippen LogP contribution is 2.20. The molecular formula is C23H28N2O6S. The van der Waals surface area contributed by atoms with Crippen LogP contribution >= 0.6 is 0 Å². The molecule has 0 aliphatic carbocycles. The highest BCUT2D eigenvalue weighted by atomic mass is 32.2. The molecule has 2 aromatic rings. The van der Waals surface area contributed by atoms with Crippen LogP contribution in [-0.4, -0.2) is 51.5 Å². The van der Waals surface area contributed by atoms with E-state index in [1.807, 2.05) is 30.3 Å². The van der Waals surface area contributed by atoms with Gasteiger partial charge in [0, 0.05) is 19.6 Å². The van der Waals surface area contributed by atoms with Gasteiger partial charge in [0.25, 0.3) is 5.91 Å². The van der Waals surface area contributed by atoms with Gasteiger partial charge in [-0.1, -0.05) is 30.3 Å². The molecule has 0 unspecified atom stereocenters. The third kappa shape index (κ3) is 6.54. The lowest BCUT2D eigenvalue weighted by Gasteiger charge is -2.30. The van der Waals surface area contributed by atoms with Crippen molar-refractivity contribution in [1.29, 1.82) is 0 Å². The second-order valence-corrected chi connectivity index (χ2v) is 9.24. The lowest BCUT2D eigenvalue weighted by molar-refractivity contribution is -0.151. The summed E-state index contributed by atoms with van der Waals surface area (Å²) < 4.78 is 38.1. The van der Waals surface area contributed by atoms with Crippen LogP contribution in [0.1, 0.15) is 25.3 Å². The molecule has 2 aromatic carbocycles. The Morgan fingerprint density at radius 1 is 1.03 bits per heavy atom. The van der Waals surface area contributed by atoms with Crippen molar-refractivity contribution in [3.8, 4) is 5.75 Å². The van der Waals surface area contributed by atoms with Crippen LogP contribution in [0.15, 0.2) is 59.5 Å². The monoisotopic (exact) mass is 460 g/mol. The minimum absolute atomic E-state index is 0.119. The Labute approximate surface area is 188 Å². The zero-order valence-corrected chi connectivity index (χ0v) is 18.8. The molecule has 1 amide bonds. The van der Waals surface area contributed by atoms with E-state index < -0.39 is 10.0 Å². The molecule has 3 rings (SSSR count). The molecule has 1 heterocycles. The van der Waals surface area contributed by atoms with Gasteiger partial charge in [0.05, 0.1) is 17.4 Å². The van der Waals surface area contributed by atoms with Crippen LogP contribution in [0.2, 0.25) is 0 Å². The van der Waals surface area contributed by atoms with Crippen LogP contribution in [0.5, 0.6) is 5.75 Å². The van der Waals surface area contributed by atoms with Gasteiger partial charge in [-0.25, -0.2) is 13.1 Å². The van der Waals surface area contributed by atoms with E-state index in [0.717, 1.165) is 5.56 Å². The molecule has 1 N–H and O–H groups in total. The van der Waals surface area contributed by atoms with Crippen molar-refractivity contribution in [1.82, 2.24) is 9.62 Å². The zero-order valence-electron chi connectivity index (χ0n) is 18.0. The van der Waals surface area contributed by atoms with Crippen molar-refractivity contribution < 1.29 is 27.5 Å². The first kappa shape index (κ1) is 23.7. The van der Waals surface area contributed by atoms with Gasteiger partial charge < -0.3 is 14.4 Å². The molecule has 1 saturated heterocycles. The highest BCUT2D eigenvalue weighted by Gasteiger charge is 2.28. The minimum Gasteiger partial charge on any atom is -0.484 e. The SMILES string of the molecule is CCOC(=O)C1CCN(C(=O)COc2ccc(S(=O)(=O)NCc3ccccc3)cc2)CC1. The number of likely N-dealkylation sites (tertiary alicyclic amines) is 1. The van der Waals surface area contributed by atoms with Crippen molar-refractivity contribution in [3.05, 3.63) is 60.2 Å². The predicted molar refractivity (Wildman–Crippen MR) is 118 cm³/mol. The standard InChI is InChI=1S/C23H28N2O6S/c1-2-30-23(27)19-12-14-25(15-13-19)22(26)17-31-20-8-10-21(11-9-20)32(28,29)24-16-18-6-4-3-5-7-18/h3-11,19,24H,2,12-17H2,1H3. The Hall–Kier alpha value is -2.91. The molecule has 32 heavy (non-hydrogen) atoms. The van der Waals surface area contributed by atoms with Gasteiger partial charge in [-0.2, -0.15) is 0 Å². The molecule has 0 saturated carbocycles. The summed E-state index contributed by atoms with van der Waals surface area (Å²) in [4.78, 5) is 26.0. The van der Waals surface area contributed by atoms with E-state index in [1.165, 1.54) is 24.3 Å². The Morgan fingerprint density at radius 3 is 2.31 bits per heavy atom. The van der Waals surface area contributed by atoms with Crippen LogP contribution in [0.3, 0.4) is 0 Å². The molecule has 0 spiro atoms. The normalized spacial score (nSPS) is 14.7. The number of rotatable bonds is 9. The summed E-state index contributed by atoms with van der Waals surface area (Å²) in [5, 5.41) is 0. The zero-order chi connectivity index (χ0) is 23.0. The van der Waals surface area contributed by atoms with Crippen LogP contribution in [0.4, 0.5) is 0 Å². The fourth-order valence-corrected chi connectivity index (χ4v) is 4.45. The molecule has 1 fully saturated rings. The smallest absolute Gasteiger partial charge is 0.309 e. The molecule has 8 nitrogen and oxygen atoms in total. The summed E-state index contributed by atoms with van der Waals surface area (Å²) in [6.45, 7) is 3.14. The van der Waals surface area contributed by atoms with Gasteiger partial charge in [-0.15, -0.1) is 0 Å². The maximum absolute atomic E-state index is 12.5. The number of piperidine rings is 1. The average Bonchev–Trinajstić information content (AvgIpc) is 2.82. The first-order valence-electron chi connectivity index (χ1n) is 10.6. The third-order valence-electron chi connectivity index (χ3n) is 5.27. The molecular weight excluding hydrogens is 432 g/mol. The molecule has 1 aliphatic rings.